The molecule has 0 radical (unpaired) electrons. The predicted molar refractivity (Wildman–Crippen MR) is 105 cm³/mol. The van der Waals surface area contributed by atoms with Gasteiger partial charge in [-0.05, 0) is 30.7 Å². The third kappa shape index (κ3) is 3.59. The van der Waals surface area contributed by atoms with Crippen molar-refractivity contribution >= 4 is 28.4 Å². The Morgan fingerprint density at radius 1 is 1.07 bits per heavy atom. The molecule has 0 aliphatic carbocycles. The Hall–Kier alpha value is -3.06. The molecule has 140 valence electrons. The lowest BCUT2D eigenvalue weighted by Crippen LogP contribution is -2.18. The number of aliphatic hydroxyl groups is 1. The minimum atomic E-state index is 0.139. The maximum absolute atomic E-state index is 9.04. The summed E-state index contributed by atoms with van der Waals surface area (Å²) in [6.45, 7) is 1.90. The van der Waals surface area contributed by atoms with Crippen LogP contribution in [-0.2, 0) is 0 Å². The molecule has 0 saturated heterocycles. The van der Waals surface area contributed by atoms with Gasteiger partial charge in [-0.2, -0.15) is 4.98 Å². The maximum Gasteiger partial charge on any atom is 0.232 e. The van der Waals surface area contributed by atoms with E-state index in [0.29, 0.717) is 32.1 Å². The number of rotatable bonds is 6. The van der Waals surface area contributed by atoms with Gasteiger partial charge in [0.05, 0.1) is 5.52 Å². The molecule has 0 unspecified atom stereocenters. The summed E-state index contributed by atoms with van der Waals surface area (Å²) in [5, 5.41) is 13.3. The molecular weight excluding hydrogens is 344 g/mol. The summed E-state index contributed by atoms with van der Waals surface area (Å²) in [5.41, 5.74) is 1.77. The normalized spacial score (nSPS) is 12.8. The number of hydrogen-bond donors (Lipinski definition) is 2. The van der Waals surface area contributed by atoms with Gasteiger partial charge in [-0.15, -0.1) is 0 Å². The first-order valence-corrected chi connectivity index (χ1v) is 9.01. The van der Waals surface area contributed by atoms with Crippen molar-refractivity contribution in [3.05, 3.63) is 42.5 Å². The number of aromatic nitrogens is 2. The van der Waals surface area contributed by atoms with Gasteiger partial charge >= 0.3 is 0 Å². The predicted octanol–water partition coefficient (Wildman–Crippen LogP) is 2.96. The standard InChI is InChI=1S/C20H22N4O3/c1-24(14-7-8-17-18(13-14)27-12-11-26-17)20-22-16-6-3-2-5-15(16)19(23-20)21-9-4-10-25/h2-3,5-8,13,25H,4,9-12H2,1H3,(H,21,22,23). The summed E-state index contributed by atoms with van der Waals surface area (Å²) < 4.78 is 11.3. The van der Waals surface area contributed by atoms with Crippen molar-refractivity contribution in [2.24, 2.45) is 0 Å². The quantitative estimate of drug-likeness (QED) is 0.649. The molecule has 27 heavy (non-hydrogen) atoms. The summed E-state index contributed by atoms with van der Waals surface area (Å²) in [5.74, 6) is 2.82. The summed E-state index contributed by atoms with van der Waals surface area (Å²) in [4.78, 5) is 11.3. The fraction of sp³-hybridized carbons (Fsp3) is 0.300. The van der Waals surface area contributed by atoms with Crippen LogP contribution in [0.25, 0.3) is 10.9 Å². The third-order valence-electron chi connectivity index (χ3n) is 4.43. The molecule has 7 nitrogen and oxygen atoms in total. The summed E-state index contributed by atoms with van der Waals surface area (Å²) >= 11 is 0. The third-order valence-corrected chi connectivity index (χ3v) is 4.43. The average molecular weight is 366 g/mol. The van der Waals surface area contributed by atoms with E-state index in [4.69, 9.17) is 24.5 Å². The van der Waals surface area contributed by atoms with E-state index in [2.05, 4.69) is 5.32 Å². The second-order valence-corrected chi connectivity index (χ2v) is 6.28. The van der Waals surface area contributed by atoms with Crippen LogP contribution in [0.3, 0.4) is 0 Å². The van der Waals surface area contributed by atoms with E-state index < -0.39 is 0 Å². The Morgan fingerprint density at radius 2 is 1.89 bits per heavy atom. The van der Waals surface area contributed by atoms with Crippen molar-refractivity contribution in [2.45, 2.75) is 6.42 Å². The highest BCUT2D eigenvalue weighted by molar-refractivity contribution is 5.90. The lowest BCUT2D eigenvalue weighted by molar-refractivity contribution is 0.171. The maximum atomic E-state index is 9.04. The summed E-state index contributed by atoms with van der Waals surface area (Å²) in [6.07, 6.45) is 0.658. The van der Waals surface area contributed by atoms with Gasteiger partial charge in [-0.25, -0.2) is 4.98 Å². The van der Waals surface area contributed by atoms with Crippen LogP contribution in [0.1, 0.15) is 6.42 Å². The number of benzene rings is 2. The number of nitrogens with zero attached hydrogens (tertiary/aromatic N) is 3. The fourth-order valence-corrected chi connectivity index (χ4v) is 2.99. The van der Waals surface area contributed by atoms with Crippen molar-refractivity contribution in [1.29, 1.82) is 0 Å². The van der Waals surface area contributed by atoms with Crippen LogP contribution in [-0.4, -0.2) is 48.5 Å². The molecule has 0 atom stereocenters. The first kappa shape index (κ1) is 17.4. The molecule has 1 aliphatic rings. The van der Waals surface area contributed by atoms with Crippen LogP contribution < -0.4 is 19.7 Å². The Kier molecular flexibility index (Phi) is 4.93. The van der Waals surface area contributed by atoms with Gasteiger partial charge in [0.1, 0.15) is 19.0 Å². The molecule has 0 amide bonds. The topological polar surface area (TPSA) is 79.7 Å². The zero-order chi connectivity index (χ0) is 18.6. The lowest BCUT2D eigenvalue weighted by Gasteiger charge is -2.23. The molecule has 2 aromatic carbocycles. The molecule has 4 rings (SSSR count). The number of para-hydroxylation sites is 1. The van der Waals surface area contributed by atoms with Crippen LogP contribution in [0.2, 0.25) is 0 Å². The largest absolute Gasteiger partial charge is 0.486 e. The number of aliphatic hydroxyl groups excluding tert-OH is 1. The molecule has 2 heterocycles. The smallest absolute Gasteiger partial charge is 0.232 e. The van der Waals surface area contributed by atoms with Gasteiger partial charge < -0.3 is 24.8 Å². The number of fused-ring (bicyclic) bond motifs is 2. The number of nitrogens with one attached hydrogen (secondary N) is 1. The molecule has 3 aromatic rings. The molecule has 0 saturated carbocycles. The molecule has 0 fully saturated rings. The van der Waals surface area contributed by atoms with Crippen molar-refractivity contribution < 1.29 is 14.6 Å². The highest BCUT2D eigenvalue weighted by Gasteiger charge is 2.16. The SMILES string of the molecule is CN(c1ccc2c(c1)OCCO2)c1nc(NCCCO)c2ccccc2n1. The van der Waals surface area contributed by atoms with Gasteiger partial charge in [0.15, 0.2) is 11.5 Å². The number of anilines is 3. The summed E-state index contributed by atoms with van der Waals surface area (Å²) in [7, 11) is 1.92. The molecule has 0 bridgehead atoms. The van der Waals surface area contributed by atoms with Crippen LogP contribution >= 0.6 is 0 Å². The second-order valence-electron chi connectivity index (χ2n) is 6.28. The van der Waals surface area contributed by atoms with Crippen molar-refractivity contribution in [3.63, 3.8) is 0 Å². The van der Waals surface area contributed by atoms with E-state index in [1.54, 1.807) is 0 Å². The van der Waals surface area contributed by atoms with Crippen LogP contribution in [0.15, 0.2) is 42.5 Å². The van der Waals surface area contributed by atoms with Crippen LogP contribution in [0.4, 0.5) is 17.5 Å². The monoisotopic (exact) mass is 366 g/mol. The average Bonchev–Trinajstić information content (AvgIpc) is 2.73. The zero-order valence-corrected chi connectivity index (χ0v) is 15.2. The molecule has 7 heteroatoms. The van der Waals surface area contributed by atoms with Gasteiger partial charge in [0.2, 0.25) is 5.95 Å². The minimum Gasteiger partial charge on any atom is -0.486 e. The van der Waals surface area contributed by atoms with Crippen molar-refractivity contribution in [2.75, 3.05) is 43.6 Å². The van der Waals surface area contributed by atoms with E-state index >= 15 is 0 Å². The van der Waals surface area contributed by atoms with Crippen LogP contribution in [0, 0.1) is 0 Å². The first-order valence-electron chi connectivity index (χ1n) is 9.01. The fourth-order valence-electron chi connectivity index (χ4n) is 2.99. The van der Waals surface area contributed by atoms with Gasteiger partial charge in [0, 0.05) is 37.3 Å². The zero-order valence-electron chi connectivity index (χ0n) is 15.2. The Balaban J connectivity index is 1.69. The second kappa shape index (κ2) is 7.67. The Labute approximate surface area is 157 Å². The molecular formula is C20H22N4O3. The molecule has 1 aromatic heterocycles. The molecule has 1 aliphatic heterocycles. The highest BCUT2D eigenvalue weighted by Crippen LogP contribution is 2.35. The number of ether oxygens (including phenoxy) is 2. The highest BCUT2D eigenvalue weighted by atomic mass is 16.6. The van der Waals surface area contributed by atoms with E-state index in [1.165, 1.54) is 0 Å². The summed E-state index contributed by atoms with van der Waals surface area (Å²) in [6, 6.07) is 13.7. The van der Waals surface area contributed by atoms with Crippen molar-refractivity contribution in [1.82, 2.24) is 9.97 Å². The minimum absolute atomic E-state index is 0.139. The van der Waals surface area contributed by atoms with Gasteiger partial charge in [-0.1, -0.05) is 12.1 Å². The Morgan fingerprint density at radius 3 is 2.74 bits per heavy atom. The number of hydrogen-bond acceptors (Lipinski definition) is 7. The van der Waals surface area contributed by atoms with E-state index in [1.807, 2.05) is 54.4 Å². The van der Waals surface area contributed by atoms with E-state index in [-0.39, 0.29) is 6.61 Å². The van der Waals surface area contributed by atoms with E-state index in [9.17, 15) is 0 Å². The van der Waals surface area contributed by atoms with Crippen molar-refractivity contribution in [3.8, 4) is 11.5 Å². The first-order chi connectivity index (χ1) is 13.3. The molecule has 0 spiro atoms. The Bertz CT molecular complexity index is 948. The molecule has 2 N–H and O–H groups in total. The van der Waals surface area contributed by atoms with E-state index in [0.717, 1.165) is 33.9 Å². The lowest BCUT2D eigenvalue weighted by atomic mass is 10.2. The van der Waals surface area contributed by atoms with Crippen LogP contribution in [0.5, 0.6) is 11.5 Å². The van der Waals surface area contributed by atoms with Gasteiger partial charge in [0.25, 0.3) is 0 Å². The van der Waals surface area contributed by atoms with Gasteiger partial charge in [-0.3, -0.25) is 0 Å².